The summed E-state index contributed by atoms with van der Waals surface area (Å²) in [5, 5.41) is 15.1. The molecule has 0 spiro atoms. The van der Waals surface area contributed by atoms with Gasteiger partial charge in [-0.1, -0.05) is 77.6 Å². The summed E-state index contributed by atoms with van der Waals surface area (Å²) in [6.07, 6.45) is 17.0. The van der Waals surface area contributed by atoms with Crippen molar-refractivity contribution >= 4 is 12.1 Å². The molecule has 0 aromatic rings. The molecule has 4 amide bonds. The second-order valence-corrected chi connectivity index (χ2v) is 11.1. The lowest BCUT2D eigenvalue weighted by Gasteiger charge is -2.42. The first-order valence-electron chi connectivity index (χ1n) is 13.8. The van der Waals surface area contributed by atoms with Crippen LogP contribution in [0.3, 0.4) is 0 Å². The third kappa shape index (κ3) is 6.34. The zero-order chi connectivity index (χ0) is 23.8. The third-order valence-electron chi connectivity index (χ3n) is 8.12. The largest absolute Gasteiger partial charge is 0.343 e. The zero-order valence-corrected chi connectivity index (χ0v) is 21.4. The highest BCUT2D eigenvalue weighted by Crippen LogP contribution is 2.39. The maximum atomic E-state index is 13.7. The van der Waals surface area contributed by atoms with Gasteiger partial charge in [0.25, 0.3) is 0 Å². The molecule has 1 saturated heterocycles. The van der Waals surface area contributed by atoms with Crippen molar-refractivity contribution in [3.05, 3.63) is 0 Å². The molecule has 3 fully saturated rings. The van der Waals surface area contributed by atoms with Crippen molar-refractivity contribution in [2.75, 3.05) is 6.54 Å². The Balaban J connectivity index is 1.72. The molecular formula is C26H48N4O3. The highest BCUT2D eigenvalue weighted by molar-refractivity contribution is 5.81. The molecule has 3 aliphatic rings. The van der Waals surface area contributed by atoms with Crippen LogP contribution in [0.2, 0.25) is 0 Å². The fourth-order valence-corrected chi connectivity index (χ4v) is 6.14. The zero-order valence-electron chi connectivity index (χ0n) is 21.4. The van der Waals surface area contributed by atoms with Crippen molar-refractivity contribution < 1.29 is 14.8 Å². The summed E-state index contributed by atoms with van der Waals surface area (Å²) in [6.45, 7) is 6.91. The number of unbranched alkanes of at least 4 members (excludes halogenated alkanes) is 5. The quantitative estimate of drug-likeness (QED) is 0.228. The van der Waals surface area contributed by atoms with Crippen LogP contribution in [0.25, 0.3) is 0 Å². The van der Waals surface area contributed by atoms with Crippen LogP contribution in [-0.2, 0) is 0 Å². The number of hydrogen-bond acceptors (Lipinski definition) is 3. The summed E-state index contributed by atoms with van der Waals surface area (Å²) in [5.74, 6) is 0. The van der Waals surface area contributed by atoms with E-state index in [0.717, 1.165) is 69.3 Å². The normalized spacial score (nSPS) is 24.4. The highest BCUT2D eigenvalue weighted by Gasteiger charge is 2.57. The van der Waals surface area contributed by atoms with E-state index in [9.17, 15) is 14.8 Å². The Morgan fingerprint density at radius 2 is 1.55 bits per heavy atom. The minimum Gasteiger partial charge on any atom is -0.333 e. The average Bonchev–Trinajstić information content (AvgIpc) is 3.01. The maximum Gasteiger partial charge on any atom is 0.343 e. The number of hydroxylamine groups is 2. The van der Waals surface area contributed by atoms with Crippen molar-refractivity contribution in [3.8, 4) is 0 Å². The van der Waals surface area contributed by atoms with Crippen molar-refractivity contribution in [2.24, 2.45) is 0 Å². The first kappa shape index (κ1) is 26.1. The number of amides is 4. The number of carbonyl (C=O) groups excluding carboxylic acids is 2. The lowest BCUT2D eigenvalue weighted by atomic mass is 9.92. The summed E-state index contributed by atoms with van der Waals surface area (Å²) >= 11 is 0. The molecule has 0 aromatic carbocycles. The molecule has 0 radical (unpaired) electrons. The van der Waals surface area contributed by atoms with Crippen LogP contribution in [-0.4, -0.2) is 62.5 Å². The summed E-state index contributed by atoms with van der Waals surface area (Å²) in [4.78, 5) is 30.6. The van der Waals surface area contributed by atoms with Crippen LogP contribution in [0.4, 0.5) is 9.59 Å². The Kier molecular flexibility index (Phi) is 9.71. The minimum absolute atomic E-state index is 0.0185. The number of carbonyl (C=O) groups is 2. The SMILES string of the molecule is CCCCCCCCN1C(=O)N(C2CCCCC2)[C@H](N(O)C(=O)NC2CCCCC2)C1(C)C. The van der Waals surface area contributed by atoms with E-state index in [1.165, 1.54) is 38.5 Å². The molecule has 2 N–H and O–H groups in total. The predicted molar refractivity (Wildman–Crippen MR) is 131 cm³/mol. The number of urea groups is 2. The maximum absolute atomic E-state index is 13.7. The van der Waals surface area contributed by atoms with Crippen LogP contribution in [0.5, 0.6) is 0 Å². The second-order valence-electron chi connectivity index (χ2n) is 11.1. The van der Waals surface area contributed by atoms with Crippen molar-refractivity contribution in [1.29, 1.82) is 0 Å². The van der Waals surface area contributed by atoms with Gasteiger partial charge in [0, 0.05) is 18.6 Å². The third-order valence-corrected chi connectivity index (χ3v) is 8.12. The first-order valence-corrected chi connectivity index (χ1v) is 13.8. The van der Waals surface area contributed by atoms with Crippen LogP contribution >= 0.6 is 0 Å². The minimum atomic E-state index is -0.670. The Morgan fingerprint density at radius 1 is 0.970 bits per heavy atom. The molecule has 1 heterocycles. The lowest BCUT2D eigenvalue weighted by molar-refractivity contribution is -0.141. The number of rotatable bonds is 10. The summed E-state index contributed by atoms with van der Waals surface area (Å²) in [6, 6.07) is -0.282. The Labute approximate surface area is 201 Å². The Hall–Kier alpha value is -1.50. The molecule has 7 heteroatoms. The van der Waals surface area contributed by atoms with E-state index in [1.807, 2.05) is 23.6 Å². The van der Waals surface area contributed by atoms with Gasteiger partial charge in [-0.3, -0.25) is 10.1 Å². The van der Waals surface area contributed by atoms with E-state index in [-0.39, 0.29) is 18.1 Å². The van der Waals surface area contributed by atoms with Crippen molar-refractivity contribution in [2.45, 2.75) is 147 Å². The van der Waals surface area contributed by atoms with Crippen LogP contribution in [0, 0.1) is 0 Å². The van der Waals surface area contributed by atoms with E-state index in [0.29, 0.717) is 6.54 Å². The molecule has 1 aliphatic heterocycles. The van der Waals surface area contributed by atoms with E-state index >= 15 is 0 Å². The van der Waals surface area contributed by atoms with Crippen LogP contribution in [0.1, 0.15) is 124 Å². The lowest BCUT2D eigenvalue weighted by Crippen LogP contribution is -2.61. The van der Waals surface area contributed by atoms with Crippen molar-refractivity contribution in [3.63, 3.8) is 0 Å². The molecule has 190 valence electrons. The monoisotopic (exact) mass is 464 g/mol. The molecule has 33 heavy (non-hydrogen) atoms. The molecular weight excluding hydrogens is 416 g/mol. The van der Waals surface area contributed by atoms with Gasteiger partial charge in [-0.15, -0.1) is 0 Å². The number of hydrogen-bond donors (Lipinski definition) is 2. The molecule has 0 unspecified atom stereocenters. The smallest absolute Gasteiger partial charge is 0.333 e. The van der Waals surface area contributed by atoms with Gasteiger partial charge in [0.15, 0.2) is 6.17 Å². The summed E-state index contributed by atoms with van der Waals surface area (Å²) in [5.41, 5.74) is -0.656. The van der Waals surface area contributed by atoms with Gasteiger partial charge in [-0.2, -0.15) is 5.06 Å². The van der Waals surface area contributed by atoms with Crippen molar-refractivity contribution in [1.82, 2.24) is 20.2 Å². The molecule has 0 bridgehead atoms. The first-order chi connectivity index (χ1) is 15.9. The van der Waals surface area contributed by atoms with Gasteiger partial charge in [-0.05, 0) is 46.0 Å². The van der Waals surface area contributed by atoms with Gasteiger partial charge in [-0.25, -0.2) is 9.59 Å². The molecule has 1 atom stereocenters. The van der Waals surface area contributed by atoms with Crippen LogP contribution in [0.15, 0.2) is 0 Å². The van der Waals surface area contributed by atoms with E-state index in [1.54, 1.807) is 0 Å². The van der Waals surface area contributed by atoms with Gasteiger partial charge in [0.05, 0.1) is 5.54 Å². The molecule has 2 aliphatic carbocycles. The molecule has 7 nitrogen and oxygen atoms in total. The van der Waals surface area contributed by atoms with E-state index in [2.05, 4.69) is 12.2 Å². The highest BCUT2D eigenvalue weighted by atomic mass is 16.5. The Bertz CT molecular complexity index is 629. The number of nitrogens with one attached hydrogen (secondary N) is 1. The molecule has 3 rings (SSSR count). The summed E-state index contributed by atoms with van der Waals surface area (Å²) < 4.78 is 0. The molecule has 0 aromatic heterocycles. The predicted octanol–water partition coefficient (Wildman–Crippen LogP) is 6.26. The number of nitrogens with zero attached hydrogens (tertiary/aromatic N) is 3. The van der Waals surface area contributed by atoms with Gasteiger partial charge >= 0.3 is 12.1 Å². The van der Waals surface area contributed by atoms with Gasteiger partial charge in [0.1, 0.15) is 0 Å². The van der Waals surface area contributed by atoms with Gasteiger partial charge in [0.2, 0.25) is 0 Å². The van der Waals surface area contributed by atoms with E-state index in [4.69, 9.17) is 0 Å². The van der Waals surface area contributed by atoms with Gasteiger partial charge < -0.3 is 10.2 Å². The second kappa shape index (κ2) is 12.3. The fraction of sp³-hybridized carbons (Fsp3) is 0.923. The van der Waals surface area contributed by atoms with Crippen LogP contribution < -0.4 is 5.32 Å². The Morgan fingerprint density at radius 3 is 2.18 bits per heavy atom. The summed E-state index contributed by atoms with van der Waals surface area (Å²) in [7, 11) is 0. The fourth-order valence-electron chi connectivity index (χ4n) is 6.14. The molecule has 2 saturated carbocycles. The van der Waals surface area contributed by atoms with E-state index < -0.39 is 17.7 Å². The average molecular weight is 465 g/mol. The standard InChI is InChI=1S/C26H48N4O3/c1-4-5-6-7-8-15-20-28-25(32)29(22-18-13-10-14-19-22)23(26(28,2)3)30(33)24(31)27-21-16-11-9-12-17-21/h21-23,33H,4-20H2,1-3H3,(H,27,31)/t23-/m1/s1. The topological polar surface area (TPSA) is 76.1 Å².